The number of pyridine rings is 1. The van der Waals surface area contributed by atoms with Crippen LogP contribution in [0.5, 0.6) is 0 Å². The van der Waals surface area contributed by atoms with Crippen LogP contribution in [0.15, 0.2) is 42.6 Å². The van der Waals surface area contributed by atoms with Crippen molar-refractivity contribution in [2.75, 3.05) is 23.3 Å². The highest BCUT2D eigenvalue weighted by Crippen LogP contribution is 2.21. The van der Waals surface area contributed by atoms with E-state index in [-0.39, 0.29) is 18.0 Å². The third-order valence-corrected chi connectivity index (χ3v) is 5.61. The lowest BCUT2D eigenvalue weighted by molar-refractivity contribution is -0.00545. The maximum absolute atomic E-state index is 13.0. The molecule has 3 heterocycles. The maximum Gasteiger partial charge on any atom is 0.205 e. The minimum atomic E-state index is -0.231. The van der Waals surface area contributed by atoms with E-state index < -0.39 is 0 Å². The van der Waals surface area contributed by atoms with Gasteiger partial charge in [0.05, 0.1) is 12.2 Å². The van der Waals surface area contributed by atoms with Crippen molar-refractivity contribution in [3.63, 3.8) is 0 Å². The third kappa shape index (κ3) is 5.27. The minimum Gasteiger partial charge on any atom is -0.372 e. The molecule has 1 aliphatic rings. The first kappa shape index (κ1) is 19.7. The fraction of sp³-hybridized carbons (Fsp3) is 0.381. The molecule has 1 aromatic carbocycles. The van der Waals surface area contributed by atoms with Crippen molar-refractivity contribution in [1.82, 2.24) is 15.2 Å². The molecular formula is C21H24FN5OS. The largest absolute Gasteiger partial charge is 0.372 e. The molecule has 0 radical (unpaired) electrons. The van der Waals surface area contributed by atoms with Gasteiger partial charge in [-0.1, -0.05) is 29.5 Å². The standard InChI is InChI=1S/C21H24FN5OS/c1-14-12-27(13-15(2)28-14)19-8-5-17(10-23-19)11-24-21-26-25-20(29-21)9-16-3-6-18(22)7-4-16/h3-8,10,14-15H,9,11-13H2,1-2H3,(H,24,26). The molecule has 0 amide bonds. The average Bonchev–Trinajstić information content (AvgIpc) is 3.15. The van der Waals surface area contributed by atoms with Crippen LogP contribution in [-0.4, -0.2) is 40.5 Å². The maximum atomic E-state index is 13.0. The molecule has 29 heavy (non-hydrogen) atoms. The molecular weight excluding hydrogens is 389 g/mol. The molecule has 1 N–H and O–H groups in total. The van der Waals surface area contributed by atoms with Gasteiger partial charge in [0.2, 0.25) is 5.13 Å². The summed E-state index contributed by atoms with van der Waals surface area (Å²) in [6.07, 6.45) is 2.96. The molecule has 0 saturated carbocycles. The van der Waals surface area contributed by atoms with Gasteiger partial charge >= 0.3 is 0 Å². The van der Waals surface area contributed by atoms with Gasteiger partial charge in [0.1, 0.15) is 16.6 Å². The summed E-state index contributed by atoms with van der Waals surface area (Å²) in [5.41, 5.74) is 2.10. The van der Waals surface area contributed by atoms with Crippen molar-refractivity contribution in [2.45, 2.75) is 39.0 Å². The number of nitrogens with zero attached hydrogens (tertiary/aromatic N) is 4. The normalized spacial score (nSPS) is 19.3. The van der Waals surface area contributed by atoms with E-state index in [1.165, 1.54) is 23.5 Å². The minimum absolute atomic E-state index is 0.211. The van der Waals surface area contributed by atoms with Crippen LogP contribution in [0, 0.1) is 5.82 Å². The van der Waals surface area contributed by atoms with Gasteiger partial charge in [-0.3, -0.25) is 0 Å². The lowest BCUT2D eigenvalue weighted by atomic mass is 10.2. The second-order valence-electron chi connectivity index (χ2n) is 7.34. The number of halogens is 1. The lowest BCUT2D eigenvalue weighted by Crippen LogP contribution is -2.45. The summed E-state index contributed by atoms with van der Waals surface area (Å²) in [4.78, 5) is 6.89. The molecule has 6 nitrogen and oxygen atoms in total. The van der Waals surface area contributed by atoms with Crippen molar-refractivity contribution < 1.29 is 9.13 Å². The zero-order valence-electron chi connectivity index (χ0n) is 16.5. The number of rotatable bonds is 6. The van der Waals surface area contributed by atoms with Crippen LogP contribution in [0.2, 0.25) is 0 Å². The van der Waals surface area contributed by atoms with Gasteiger partial charge < -0.3 is 15.0 Å². The molecule has 0 aliphatic carbocycles. The number of ether oxygens (including phenoxy) is 1. The van der Waals surface area contributed by atoms with Gasteiger partial charge in [0.15, 0.2) is 0 Å². The van der Waals surface area contributed by atoms with Crippen molar-refractivity contribution >= 4 is 22.3 Å². The summed E-state index contributed by atoms with van der Waals surface area (Å²) in [5, 5.41) is 13.4. The Kier molecular flexibility index (Phi) is 6.01. The van der Waals surface area contributed by atoms with E-state index in [2.05, 4.69) is 51.4 Å². The fourth-order valence-corrected chi connectivity index (χ4v) is 4.19. The summed E-state index contributed by atoms with van der Waals surface area (Å²) in [6.45, 7) is 6.53. The lowest BCUT2D eigenvalue weighted by Gasteiger charge is -2.36. The first-order valence-corrected chi connectivity index (χ1v) is 10.5. The third-order valence-electron chi connectivity index (χ3n) is 4.73. The molecule has 4 rings (SSSR count). The van der Waals surface area contributed by atoms with Gasteiger partial charge in [-0.2, -0.15) is 0 Å². The molecule has 1 fully saturated rings. The van der Waals surface area contributed by atoms with E-state index in [0.29, 0.717) is 13.0 Å². The van der Waals surface area contributed by atoms with Crippen LogP contribution < -0.4 is 10.2 Å². The summed E-state index contributed by atoms with van der Waals surface area (Å²) >= 11 is 1.51. The summed E-state index contributed by atoms with van der Waals surface area (Å²) in [6, 6.07) is 10.6. The summed E-state index contributed by atoms with van der Waals surface area (Å²) in [7, 11) is 0. The molecule has 2 aromatic heterocycles. The summed E-state index contributed by atoms with van der Waals surface area (Å²) in [5.74, 6) is 0.749. The molecule has 1 aliphatic heterocycles. The predicted octanol–water partition coefficient (Wildman–Crippen LogP) is 3.89. The van der Waals surface area contributed by atoms with E-state index >= 15 is 0 Å². The van der Waals surface area contributed by atoms with Crippen molar-refractivity contribution in [2.24, 2.45) is 0 Å². The quantitative estimate of drug-likeness (QED) is 0.662. The molecule has 3 aromatic rings. The number of benzene rings is 1. The number of hydrogen-bond donors (Lipinski definition) is 1. The average molecular weight is 414 g/mol. The second-order valence-corrected chi connectivity index (χ2v) is 8.41. The van der Waals surface area contributed by atoms with E-state index in [4.69, 9.17) is 4.74 Å². The van der Waals surface area contributed by atoms with Crippen LogP contribution in [-0.2, 0) is 17.7 Å². The zero-order chi connectivity index (χ0) is 20.2. The van der Waals surface area contributed by atoms with Gasteiger partial charge in [0, 0.05) is 32.3 Å². The van der Waals surface area contributed by atoms with E-state index in [0.717, 1.165) is 40.2 Å². The summed E-state index contributed by atoms with van der Waals surface area (Å²) < 4.78 is 18.8. The van der Waals surface area contributed by atoms with Crippen LogP contribution in [0.1, 0.15) is 30.0 Å². The SMILES string of the molecule is CC1CN(c2ccc(CNc3nnc(Cc4ccc(F)cc4)s3)cn2)CC(C)O1. The number of hydrogen-bond acceptors (Lipinski definition) is 7. The Morgan fingerprint density at radius 1 is 1.07 bits per heavy atom. The highest BCUT2D eigenvalue weighted by Gasteiger charge is 2.22. The highest BCUT2D eigenvalue weighted by molar-refractivity contribution is 7.15. The number of morpholine rings is 1. The van der Waals surface area contributed by atoms with Gasteiger partial charge in [-0.15, -0.1) is 10.2 Å². The molecule has 0 bridgehead atoms. The second kappa shape index (κ2) is 8.84. The Balaban J connectivity index is 1.31. The first-order valence-electron chi connectivity index (χ1n) is 9.71. The van der Waals surface area contributed by atoms with Crippen molar-refractivity contribution in [3.8, 4) is 0 Å². The topological polar surface area (TPSA) is 63.2 Å². The van der Waals surface area contributed by atoms with Crippen LogP contribution in [0.25, 0.3) is 0 Å². The molecule has 2 unspecified atom stereocenters. The van der Waals surface area contributed by atoms with Gasteiger partial charge in [-0.25, -0.2) is 9.37 Å². The van der Waals surface area contributed by atoms with Crippen molar-refractivity contribution in [3.05, 3.63) is 64.5 Å². The molecule has 0 spiro atoms. The van der Waals surface area contributed by atoms with Gasteiger partial charge in [0.25, 0.3) is 0 Å². The predicted molar refractivity (Wildman–Crippen MR) is 113 cm³/mol. The fourth-order valence-electron chi connectivity index (χ4n) is 3.42. The van der Waals surface area contributed by atoms with Crippen LogP contribution in [0.4, 0.5) is 15.3 Å². The van der Waals surface area contributed by atoms with Crippen molar-refractivity contribution in [1.29, 1.82) is 0 Å². The number of nitrogens with one attached hydrogen (secondary N) is 1. The van der Waals surface area contributed by atoms with Crippen LogP contribution >= 0.6 is 11.3 Å². The van der Waals surface area contributed by atoms with E-state index in [9.17, 15) is 4.39 Å². The number of anilines is 2. The Morgan fingerprint density at radius 2 is 1.79 bits per heavy atom. The Hall–Kier alpha value is -2.58. The van der Waals surface area contributed by atoms with E-state index in [1.807, 2.05) is 6.20 Å². The van der Waals surface area contributed by atoms with Gasteiger partial charge in [-0.05, 0) is 43.2 Å². The van der Waals surface area contributed by atoms with Crippen LogP contribution in [0.3, 0.4) is 0 Å². The Labute approximate surface area is 173 Å². The molecule has 8 heteroatoms. The van der Waals surface area contributed by atoms with E-state index in [1.54, 1.807) is 12.1 Å². The highest BCUT2D eigenvalue weighted by atomic mass is 32.1. The Bertz CT molecular complexity index is 921. The molecule has 2 atom stereocenters. The monoisotopic (exact) mass is 413 g/mol. The molecule has 1 saturated heterocycles. The molecule has 152 valence electrons. The number of aromatic nitrogens is 3. The smallest absolute Gasteiger partial charge is 0.205 e. The Morgan fingerprint density at radius 3 is 2.48 bits per heavy atom. The zero-order valence-corrected chi connectivity index (χ0v) is 17.3. The first-order chi connectivity index (χ1) is 14.0.